The van der Waals surface area contributed by atoms with Gasteiger partial charge in [-0.2, -0.15) is 0 Å². The van der Waals surface area contributed by atoms with Gasteiger partial charge in [0.25, 0.3) is 0 Å². The lowest BCUT2D eigenvalue weighted by Gasteiger charge is -2.63. The van der Waals surface area contributed by atoms with E-state index < -0.39 is 64.4 Å². The molecule has 0 aromatic heterocycles. The van der Waals surface area contributed by atoms with Crippen molar-refractivity contribution in [2.24, 2.45) is 22.7 Å². The van der Waals surface area contributed by atoms with E-state index in [1.807, 2.05) is 13.8 Å². The van der Waals surface area contributed by atoms with Crippen molar-refractivity contribution in [3.63, 3.8) is 0 Å². The Labute approximate surface area is 232 Å². The third kappa shape index (κ3) is 3.50. The van der Waals surface area contributed by atoms with Crippen LogP contribution in [0.1, 0.15) is 52.9 Å². The maximum atomic E-state index is 17.5. The number of hydrogen-bond donors (Lipinski definition) is 2. The highest BCUT2D eigenvalue weighted by atomic mass is 19.1. The topological polar surface area (TPSA) is 108 Å². The minimum Gasteiger partial charge on any atom is -0.486 e. The summed E-state index contributed by atoms with van der Waals surface area (Å²) in [5.74, 6) is -1.72. The van der Waals surface area contributed by atoms with E-state index in [0.717, 1.165) is 6.42 Å². The Hall–Kier alpha value is -2.62. The summed E-state index contributed by atoms with van der Waals surface area (Å²) in [5.41, 5.74) is 0.117. The van der Waals surface area contributed by atoms with Gasteiger partial charge in [-0.25, -0.2) is 8.78 Å². The van der Waals surface area contributed by atoms with Crippen molar-refractivity contribution < 1.29 is 37.7 Å². The molecule has 216 valence electrons. The molecular weight excluding hydrogens is 520 g/mol. The zero-order valence-electron chi connectivity index (χ0n) is 23.1. The van der Waals surface area contributed by atoms with Gasteiger partial charge in [0.2, 0.25) is 5.78 Å². The molecule has 4 aliphatic carbocycles. The fourth-order valence-electron chi connectivity index (χ4n) is 8.71. The molecule has 1 heterocycles. The van der Waals surface area contributed by atoms with Crippen molar-refractivity contribution >= 4 is 17.3 Å². The van der Waals surface area contributed by atoms with Crippen LogP contribution >= 0.6 is 0 Å². The highest BCUT2D eigenvalue weighted by molar-refractivity contribution is 6.01. The van der Waals surface area contributed by atoms with Crippen LogP contribution in [-0.2, 0) is 19.1 Å². The molecule has 1 aromatic carbocycles. The first-order valence-corrected chi connectivity index (χ1v) is 14.2. The van der Waals surface area contributed by atoms with Crippen LogP contribution in [0.5, 0.6) is 5.75 Å². The standard InChI is InChI=1S/C31H37F2NO6/c1-4-5-27-39-26-14-20-21-13-23(32)22-12-18(35)10-11-28(22,2)30(21,33)24(36)15-29(20,3)31(26,40-27)25(37)16-38-19-8-6-17(34)7-9-19/h6-12,20-21,23-24,26-27,36H,4-5,13-16,34H2,1-3H3/t20?,21-,23-,24-,26+,27+,28-,29-,30-,31+/m0/s1. The average molecular weight is 558 g/mol. The lowest BCUT2D eigenvalue weighted by atomic mass is 9.44. The molecule has 4 fully saturated rings. The van der Waals surface area contributed by atoms with Gasteiger partial charge in [0.15, 0.2) is 23.3 Å². The molecule has 1 aromatic rings. The molecule has 10 atom stereocenters. The zero-order chi connectivity index (χ0) is 28.7. The normalized spacial score (nSPS) is 45.2. The van der Waals surface area contributed by atoms with Gasteiger partial charge in [0, 0.05) is 22.4 Å². The number of ketones is 2. The second-order valence-corrected chi connectivity index (χ2v) is 12.6. The number of Topliss-reactive ketones (excluding diaryl/α,β-unsaturated/α-hetero) is 1. The number of hydrogen-bond acceptors (Lipinski definition) is 7. The highest BCUT2D eigenvalue weighted by Gasteiger charge is 2.80. The number of fused-ring (bicyclic) bond motifs is 7. The number of benzene rings is 1. The monoisotopic (exact) mass is 557 g/mol. The summed E-state index contributed by atoms with van der Waals surface area (Å²) in [6.45, 7) is 5.09. The molecule has 1 aliphatic heterocycles. The van der Waals surface area contributed by atoms with Crippen molar-refractivity contribution in [1.82, 2.24) is 0 Å². The van der Waals surface area contributed by atoms with E-state index in [-0.39, 0.29) is 37.2 Å². The van der Waals surface area contributed by atoms with Crippen molar-refractivity contribution in [3.8, 4) is 5.75 Å². The Balaban J connectivity index is 1.39. The molecule has 3 saturated carbocycles. The summed E-state index contributed by atoms with van der Waals surface area (Å²) in [5, 5.41) is 11.7. The predicted molar refractivity (Wildman–Crippen MR) is 143 cm³/mol. The first-order valence-electron chi connectivity index (χ1n) is 14.2. The largest absolute Gasteiger partial charge is 0.486 e. The van der Waals surface area contributed by atoms with Gasteiger partial charge >= 0.3 is 0 Å². The summed E-state index contributed by atoms with van der Waals surface area (Å²) in [4.78, 5) is 26.3. The van der Waals surface area contributed by atoms with E-state index in [1.54, 1.807) is 31.2 Å². The number of carbonyl (C=O) groups excluding carboxylic acids is 2. The van der Waals surface area contributed by atoms with E-state index >= 15 is 8.78 Å². The van der Waals surface area contributed by atoms with Gasteiger partial charge in [-0.3, -0.25) is 9.59 Å². The highest BCUT2D eigenvalue weighted by Crippen LogP contribution is 2.72. The Bertz CT molecular complexity index is 1280. The Morgan fingerprint density at radius 1 is 1.20 bits per heavy atom. The second kappa shape index (κ2) is 9.19. The maximum absolute atomic E-state index is 17.5. The fourth-order valence-corrected chi connectivity index (χ4v) is 8.71. The quantitative estimate of drug-likeness (QED) is 0.499. The van der Waals surface area contributed by atoms with E-state index in [0.29, 0.717) is 17.9 Å². The molecule has 0 radical (unpaired) electrons. The SMILES string of the molecule is CCC[C@@H]1O[C@@H]2CC3[C@@H]4C[C@H](F)C5=CC(=O)C=C[C@]5(C)[C@@]4(F)[C@@H](O)C[C@]3(C)[C@]2(C(=O)COc2ccc(N)cc2)O1. The maximum Gasteiger partial charge on any atom is 0.205 e. The van der Waals surface area contributed by atoms with Crippen LogP contribution in [0.15, 0.2) is 48.1 Å². The van der Waals surface area contributed by atoms with Crippen LogP contribution in [-0.4, -0.2) is 59.2 Å². The summed E-state index contributed by atoms with van der Waals surface area (Å²) in [6, 6.07) is 6.68. The van der Waals surface area contributed by atoms with Crippen LogP contribution in [0.25, 0.3) is 0 Å². The number of alkyl halides is 2. The van der Waals surface area contributed by atoms with E-state index in [2.05, 4.69) is 0 Å². The smallest absolute Gasteiger partial charge is 0.205 e. The van der Waals surface area contributed by atoms with Gasteiger partial charge in [-0.1, -0.05) is 26.3 Å². The van der Waals surface area contributed by atoms with E-state index in [9.17, 15) is 14.7 Å². The summed E-state index contributed by atoms with van der Waals surface area (Å²) >= 11 is 0. The number of allylic oxidation sites excluding steroid dienone is 4. The zero-order valence-corrected chi connectivity index (χ0v) is 23.1. The summed E-state index contributed by atoms with van der Waals surface area (Å²) in [7, 11) is 0. The molecule has 1 saturated heterocycles. The molecule has 0 spiro atoms. The predicted octanol–water partition coefficient (Wildman–Crippen LogP) is 4.43. The van der Waals surface area contributed by atoms with Gasteiger partial charge in [-0.15, -0.1) is 0 Å². The summed E-state index contributed by atoms with van der Waals surface area (Å²) < 4.78 is 52.0. The molecule has 6 rings (SSSR count). The minimum absolute atomic E-state index is 0.0674. The van der Waals surface area contributed by atoms with Crippen molar-refractivity contribution in [3.05, 3.63) is 48.1 Å². The third-order valence-electron chi connectivity index (χ3n) is 10.6. The van der Waals surface area contributed by atoms with Crippen molar-refractivity contribution in [2.75, 3.05) is 12.3 Å². The van der Waals surface area contributed by atoms with Gasteiger partial charge in [-0.05, 0) is 80.5 Å². The van der Waals surface area contributed by atoms with Gasteiger partial charge in [0.05, 0.1) is 12.2 Å². The Kier molecular flexibility index (Phi) is 6.33. The summed E-state index contributed by atoms with van der Waals surface area (Å²) in [6.07, 6.45) is 0.779. The first kappa shape index (κ1) is 27.5. The van der Waals surface area contributed by atoms with E-state index in [1.165, 1.54) is 18.2 Å². The van der Waals surface area contributed by atoms with Crippen LogP contribution in [0.2, 0.25) is 0 Å². The molecule has 40 heavy (non-hydrogen) atoms. The van der Waals surface area contributed by atoms with Crippen LogP contribution in [0.3, 0.4) is 0 Å². The number of carbonyl (C=O) groups is 2. The van der Waals surface area contributed by atoms with E-state index in [4.69, 9.17) is 19.9 Å². The number of ether oxygens (including phenoxy) is 3. The average Bonchev–Trinajstić information content (AvgIpc) is 3.39. The number of nitrogens with two attached hydrogens (primary N) is 1. The first-order chi connectivity index (χ1) is 18.9. The second-order valence-electron chi connectivity index (χ2n) is 12.6. The minimum atomic E-state index is -2.24. The van der Waals surface area contributed by atoms with Gasteiger partial charge in [0.1, 0.15) is 18.5 Å². The number of rotatable bonds is 6. The molecule has 7 nitrogen and oxygen atoms in total. The van der Waals surface area contributed by atoms with Crippen LogP contribution < -0.4 is 10.5 Å². The number of nitrogen functional groups attached to an aromatic ring is 1. The van der Waals surface area contributed by atoms with Crippen LogP contribution in [0.4, 0.5) is 14.5 Å². The fraction of sp³-hybridized carbons (Fsp3) is 0.613. The van der Waals surface area contributed by atoms with Crippen molar-refractivity contribution in [1.29, 1.82) is 0 Å². The van der Waals surface area contributed by atoms with Gasteiger partial charge < -0.3 is 25.1 Å². The Morgan fingerprint density at radius 3 is 2.62 bits per heavy atom. The number of anilines is 1. The number of halogens is 2. The molecule has 3 N–H and O–H groups in total. The number of aliphatic hydroxyl groups is 1. The number of aliphatic hydroxyl groups excluding tert-OH is 1. The lowest BCUT2D eigenvalue weighted by molar-refractivity contribution is -0.234. The molecule has 5 aliphatic rings. The molecule has 0 bridgehead atoms. The molecular formula is C31H37F2NO6. The van der Waals surface area contributed by atoms with Crippen molar-refractivity contribution in [2.45, 2.75) is 88.8 Å². The molecule has 0 amide bonds. The Morgan fingerprint density at radius 2 is 1.93 bits per heavy atom. The van der Waals surface area contributed by atoms with Crippen LogP contribution in [0, 0.1) is 22.7 Å². The molecule has 9 heteroatoms. The molecule has 1 unspecified atom stereocenters. The lowest BCUT2D eigenvalue weighted by Crippen LogP contribution is -2.71. The third-order valence-corrected chi connectivity index (χ3v) is 10.6.